The van der Waals surface area contributed by atoms with Crippen molar-refractivity contribution in [3.63, 3.8) is 0 Å². The number of benzene rings is 2. The molecule has 2 aromatic carbocycles. The molecule has 5 rings (SSSR count). The van der Waals surface area contributed by atoms with E-state index in [1.165, 1.54) is 40.0 Å². The van der Waals surface area contributed by atoms with E-state index in [2.05, 4.69) is 5.10 Å². The summed E-state index contributed by atoms with van der Waals surface area (Å²) in [7, 11) is 4.62. The summed E-state index contributed by atoms with van der Waals surface area (Å²) < 4.78 is 49.4. The third-order valence-electron chi connectivity index (χ3n) is 8.91. The Morgan fingerprint density at radius 2 is 1.71 bits per heavy atom. The molecular weight excluding hydrogens is 629 g/mol. The van der Waals surface area contributed by atoms with Crippen LogP contribution in [0.15, 0.2) is 42.5 Å². The molecule has 2 aliphatic heterocycles. The number of rotatable bonds is 8. The maximum atomic E-state index is 14.4. The number of hydrogen-bond acceptors (Lipinski definition) is 6. The zero-order valence-electron chi connectivity index (χ0n) is 27.6. The molecule has 3 aromatic rings. The SMILES string of the molecule is CCN(CC)C(=O)C1CCCN(C(=O)c2cc(OC)ccc2-n2nc(C(F)(F)F)c3c2C(=O)N(c2ccc(C(=O)N(C)C)cc2)CC3)C1. The van der Waals surface area contributed by atoms with E-state index in [-0.39, 0.29) is 59.6 Å². The largest absolute Gasteiger partial charge is 0.497 e. The fourth-order valence-electron chi connectivity index (χ4n) is 6.38. The first-order valence-corrected chi connectivity index (χ1v) is 15.9. The van der Waals surface area contributed by atoms with Crippen molar-refractivity contribution in [3.05, 3.63) is 70.5 Å². The summed E-state index contributed by atoms with van der Waals surface area (Å²) >= 11 is 0. The number of aromatic nitrogens is 2. The molecule has 11 nitrogen and oxygen atoms in total. The summed E-state index contributed by atoms with van der Waals surface area (Å²) in [4.78, 5) is 59.8. The van der Waals surface area contributed by atoms with Gasteiger partial charge in [0.1, 0.15) is 11.4 Å². The number of hydrogen-bond donors (Lipinski definition) is 0. The van der Waals surface area contributed by atoms with Gasteiger partial charge in [-0.3, -0.25) is 19.2 Å². The summed E-state index contributed by atoms with van der Waals surface area (Å²) in [5.41, 5.74) is -1.03. The Hall–Kier alpha value is -4.88. The highest BCUT2D eigenvalue weighted by atomic mass is 19.4. The topological polar surface area (TPSA) is 108 Å². The Morgan fingerprint density at radius 3 is 2.31 bits per heavy atom. The minimum absolute atomic E-state index is 0.0132. The van der Waals surface area contributed by atoms with Crippen LogP contribution < -0.4 is 9.64 Å². The number of likely N-dealkylation sites (tertiary alicyclic amines) is 1. The van der Waals surface area contributed by atoms with Gasteiger partial charge in [0.15, 0.2) is 5.69 Å². The van der Waals surface area contributed by atoms with Crippen molar-refractivity contribution < 1.29 is 37.1 Å². The molecule has 1 saturated heterocycles. The summed E-state index contributed by atoms with van der Waals surface area (Å²) in [6, 6.07) is 10.6. The zero-order chi connectivity index (χ0) is 34.9. The fraction of sp³-hybridized carbons (Fsp3) is 0.441. The highest BCUT2D eigenvalue weighted by molar-refractivity contribution is 6.08. The van der Waals surface area contributed by atoms with Gasteiger partial charge in [-0.05, 0) is 75.6 Å². The third-order valence-corrected chi connectivity index (χ3v) is 8.91. The minimum atomic E-state index is -4.87. The second-order valence-electron chi connectivity index (χ2n) is 12.0. The Morgan fingerprint density at radius 1 is 1.02 bits per heavy atom. The zero-order valence-corrected chi connectivity index (χ0v) is 27.6. The van der Waals surface area contributed by atoms with Gasteiger partial charge in [-0.25, -0.2) is 4.68 Å². The van der Waals surface area contributed by atoms with Crippen LogP contribution in [0.2, 0.25) is 0 Å². The van der Waals surface area contributed by atoms with Gasteiger partial charge >= 0.3 is 6.18 Å². The van der Waals surface area contributed by atoms with Crippen molar-refractivity contribution >= 4 is 29.3 Å². The van der Waals surface area contributed by atoms with E-state index in [4.69, 9.17) is 4.74 Å². The predicted octanol–water partition coefficient (Wildman–Crippen LogP) is 4.53. The number of carbonyl (C=O) groups is 4. The lowest BCUT2D eigenvalue weighted by Gasteiger charge is -2.35. The Balaban J connectivity index is 1.57. The monoisotopic (exact) mass is 668 g/mol. The normalized spacial score (nSPS) is 16.4. The highest BCUT2D eigenvalue weighted by Gasteiger charge is 2.44. The molecule has 2 aliphatic rings. The molecule has 1 fully saturated rings. The molecule has 0 aliphatic carbocycles. The van der Waals surface area contributed by atoms with Crippen LogP contribution in [0.25, 0.3) is 5.69 Å². The van der Waals surface area contributed by atoms with E-state index in [9.17, 15) is 32.3 Å². The molecule has 0 N–H and O–H groups in total. The number of halogens is 3. The Kier molecular flexibility index (Phi) is 9.83. The number of piperidine rings is 1. The molecular formula is C34H39F3N6O5. The molecule has 14 heteroatoms. The first-order chi connectivity index (χ1) is 22.8. The molecule has 0 bridgehead atoms. The van der Waals surface area contributed by atoms with E-state index >= 15 is 0 Å². The van der Waals surface area contributed by atoms with E-state index in [1.807, 2.05) is 13.8 Å². The number of methoxy groups -OCH3 is 1. The minimum Gasteiger partial charge on any atom is -0.497 e. The third kappa shape index (κ3) is 6.47. The number of anilines is 1. The molecule has 48 heavy (non-hydrogen) atoms. The van der Waals surface area contributed by atoms with Gasteiger partial charge in [0.05, 0.1) is 24.3 Å². The molecule has 1 atom stereocenters. The van der Waals surface area contributed by atoms with E-state index < -0.39 is 29.6 Å². The van der Waals surface area contributed by atoms with E-state index in [0.717, 1.165) is 4.68 Å². The number of amides is 4. The van der Waals surface area contributed by atoms with Crippen LogP contribution in [0.3, 0.4) is 0 Å². The number of fused-ring (bicyclic) bond motifs is 1. The van der Waals surface area contributed by atoms with Crippen LogP contribution in [0.5, 0.6) is 5.75 Å². The van der Waals surface area contributed by atoms with Crippen molar-refractivity contribution in [2.75, 3.05) is 58.8 Å². The van der Waals surface area contributed by atoms with Crippen molar-refractivity contribution in [1.29, 1.82) is 0 Å². The van der Waals surface area contributed by atoms with Gasteiger partial charge in [-0.2, -0.15) is 18.3 Å². The fourth-order valence-corrected chi connectivity index (χ4v) is 6.38. The number of alkyl halides is 3. The predicted molar refractivity (Wildman–Crippen MR) is 172 cm³/mol. The van der Waals surface area contributed by atoms with Crippen molar-refractivity contribution in [1.82, 2.24) is 24.5 Å². The maximum absolute atomic E-state index is 14.4. The molecule has 0 spiro atoms. The molecule has 4 amide bonds. The summed E-state index contributed by atoms with van der Waals surface area (Å²) in [6.07, 6.45) is -3.83. The second-order valence-corrected chi connectivity index (χ2v) is 12.0. The molecule has 256 valence electrons. The average Bonchev–Trinajstić information content (AvgIpc) is 3.49. The molecule has 3 heterocycles. The van der Waals surface area contributed by atoms with E-state index in [0.29, 0.717) is 43.7 Å². The lowest BCUT2D eigenvalue weighted by molar-refractivity contribution is -0.142. The quantitative estimate of drug-likeness (QED) is 0.349. The van der Waals surface area contributed by atoms with Gasteiger partial charge in [-0.15, -0.1) is 0 Å². The van der Waals surface area contributed by atoms with Crippen LogP contribution >= 0.6 is 0 Å². The lowest BCUT2D eigenvalue weighted by Crippen LogP contribution is -2.47. The number of carbonyl (C=O) groups excluding carboxylic acids is 4. The van der Waals surface area contributed by atoms with Crippen LogP contribution in [-0.4, -0.2) is 102 Å². The second kappa shape index (κ2) is 13.7. The molecule has 1 unspecified atom stereocenters. The summed E-state index contributed by atoms with van der Waals surface area (Å²) in [6.45, 7) is 5.30. The van der Waals surface area contributed by atoms with Gasteiger partial charge in [0.2, 0.25) is 5.91 Å². The molecule has 1 aromatic heterocycles. The Labute approximate surface area is 276 Å². The van der Waals surface area contributed by atoms with E-state index in [1.54, 1.807) is 43.3 Å². The lowest BCUT2D eigenvalue weighted by atomic mass is 9.95. The van der Waals surface area contributed by atoms with Gasteiger partial charge in [-0.1, -0.05) is 0 Å². The smallest absolute Gasteiger partial charge is 0.435 e. The van der Waals surface area contributed by atoms with Crippen LogP contribution in [0.1, 0.15) is 69.2 Å². The van der Waals surface area contributed by atoms with Crippen LogP contribution in [-0.2, 0) is 17.4 Å². The average molecular weight is 669 g/mol. The van der Waals surface area contributed by atoms with Gasteiger partial charge in [0.25, 0.3) is 17.7 Å². The van der Waals surface area contributed by atoms with Gasteiger partial charge in [0, 0.05) is 63.6 Å². The van der Waals surface area contributed by atoms with Crippen molar-refractivity contribution in [3.8, 4) is 11.4 Å². The van der Waals surface area contributed by atoms with Crippen molar-refractivity contribution in [2.24, 2.45) is 5.92 Å². The number of ether oxygens (including phenoxy) is 1. The van der Waals surface area contributed by atoms with Crippen LogP contribution in [0.4, 0.5) is 18.9 Å². The van der Waals surface area contributed by atoms with Crippen molar-refractivity contribution in [2.45, 2.75) is 39.3 Å². The standard InChI is InChI=1S/C34H39F3N6O5/c1-6-40(7-2)31(45)22-9-8-17-41(20-22)32(46)26-19-24(48-5)14-15-27(26)43-28-25(29(38-43)34(35,36)37)16-18-42(33(28)47)23-12-10-21(11-13-23)30(44)39(3)4/h10-15,19,22H,6-9,16-18,20H2,1-5H3. The Bertz CT molecular complexity index is 1710. The van der Waals surface area contributed by atoms with Crippen LogP contribution in [0, 0.1) is 5.92 Å². The summed E-state index contributed by atoms with van der Waals surface area (Å²) in [5.74, 6) is -1.67. The molecule has 0 saturated carbocycles. The highest BCUT2D eigenvalue weighted by Crippen LogP contribution is 2.38. The number of nitrogens with zero attached hydrogens (tertiary/aromatic N) is 6. The summed E-state index contributed by atoms with van der Waals surface area (Å²) in [5, 5.41) is 3.92. The molecule has 0 radical (unpaired) electrons. The first kappa shape index (κ1) is 34.5. The van der Waals surface area contributed by atoms with Gasteiger partial charge < -0.3 is 24.3 Å². The maximum Gasteiger partial charge on any atom is 0.435 e. The first-order valence-electron chi connectivity index (χ1n) is 15.9.